The fourth-order valence-corrected chi connectivity index (χ4v) is 15.1. The lowest BCUT2D eigenvalue weighted by molar-refractivity contribution is 0.590. The third-order valence-corrected chi connectivity index (χ3v) is 19.5. The Hall–Kier alpha value is -10.9. The summed E-state index contributed by atoms with van der Waals surface area (Å²) in [5, 5.41) is -0.236. The largest absolute Gasteiger partial charge is 0.311 e. The number of hydrogen-bond donors (Lipinski definition) is 0. The Kier molecular flexibility index (Phi) is 9.13. The van der Waals surface area contributed by atoms with E-state index in [0.29, 0.717) is 29.2 Å². The number of benzene rings is 13. The lowest BCUT2D eigenvalue weighted by Crippen LogP contribution is -2.61. The maximum atomic E-state index is 9.77. The molecule has 0 fully saturated rings. The molecule has 444 valence electrons. The summed E-state index contributed by atoms with van der Waals surface area (Å²) in [6.45, 7) is 12.4. The average Bonchev–Trinajstić information content (AvgIpc) is 1.49. The molecule has 0 saturated carbocycles. The molecule has 13 aromatic carbocycles. The quantitative estimate of drug-likeness (QED) is 0.148. The van der Waals surface area contributed by atoms with Gasteiger partial charge in [-0.1, -0.05) is 248 Å². The molecule has 2 aliphatic heterocycles. The third-order valence-electron chi connectivity index (χ3n) is 19.5. The van der Waals surface area contributed by atoms with Crippen LogP contribution in [0.3, 0.4) is 0 Å². The van der Waals surface area contributed by atoms with E-state index < -0.39 is 103 Å². The van der Waals surface area contributed by atoms with E-state index in [0.717, 1.165) is 100 Å². The van der Waals surface area contributed by atoms with Crippen molar-refractivity contribution in [3.63, 3.8) is 0 Å². The zero-order valence-electron chi connectivity index (χ0n) is 68.1. The molecule has 0 atom stereocenters. The van der Waals surface area contributed by atoms with Crippen molar-refractivity contribution in [3.8, 4) is 33.6 Å². The summed E-state index contributed by atoms with van der Waals surface area (Å²) < 4.78 is 153. The first-order valence-electron chi connectivity index (χ1n) is 39.7. The highest BCUT2D eigenvalue weighted by Gasteiger charge is 2.46. The van der Waals surface area contributed by atoms with Gasteiger partial charge in [0.25, 0.3) is 6.71 Å². The van der Waals surface area contributed by atoms with Crippen molar-refractivity contribution in [2.75, 3.05) is 9.80 Å². The fourth-order valence-electron chi connectivity index (χ4n) is 15.1. The third kappa shape index (κ3) is 8.59. The summed E-state index contributed by atoms with van der Waals surface area (Å²) in [5.41, 5.74) is 17.8. The molecular weight excluding hydrogens is 1120 g/mol. The first kappa shape index (κ1) is 40.8. The molecule has 0 unspecified atom stereocenters. The number of fused-ring (bicyclic) bond motifs is 12. The molecule has 3 aliphatic rings. The molecule has 18 rings (SSSR count). The minimum atomic E-state index is -0.714. The molecule has 1 aliphatic carbocycles. The van der Waals surface area contributed by atoms with E-state index in [1.807, 2.05) is 72.8 Å². The van der Waals surface area contributed by atoms with Gasteiger partial charge in [-0.05, 0) is 169 Å². The van der Waals surface area contributed by atoms with Gasteiger partial charge in [-0.15, -0.1) is 0 Å². The molecule has 15 aromatic rings. The maximum absolute atomic E-state index is 9.77. The van der Waals surface area contributed by atoms with Gasteiger partial charge in [0.1, 0.15) is 0 Å². The Labute approximate surface area is 567 Å². The predicted octanol–water partition coefficient (Wildman–Crippen LogP) is 21.0. The Morgan fingerprint density at radius 1 is 0.366 bits per heavy atom. The van der Waals surface area contributed by atoms with Crippen LogP contribution in [0.25, 0.3) is 77.2 Å². The second kappa shape index (κ2) is 20.8. The summed E-state index contributed by atoms with van der Waals surface area (Å²) in [7, 11) is 0. The first-order chi connectivity index (χ1) is 52.1. The highest BCUT2D eigenvalue weighted by atomic mass is 15.2. The van der Waals surface area contributed by atoms with Crippen LogP contribution >= 0.6 is 0 Å². The van der Waals surface area contributed by atoms with Crippen LogP contribution in [0.5, 0.6) is 0 Å². The molecule has 5 heteroatoms. The van der Waals surface area contributed by atoms with Crippen LogP contribution in [-0.4, -0.2) is 15.8 Å². The van der Waals surface area contributed by atoms with E-state index in [2.05, 4.69) is 173 Å². The normalized spacial score (nSPS) is 16.0. The molecule has 93 heavy (non-hydrogen) atoms. The molecule has 4 heterocycles. The van der Waals surface area contributed by atoms with Crippen LogP contribution in [-0.2, 0) is 17.3 Å². The molecule has 0 spiro atoms. The molecule has 4 nitrogen and oxygen atoms in total. The summed E-state index contributed by atoms with van der Waals surface area (Å²) in [6, 6.07) is 59.2. The van der Waals surface area contributed by atoms with Gasteiger partial charge in [0.05, 0.1) is 55.4 Å². The smallest absolute Gasteiger partial charge is 0.252 e. The zero-order chi connectivity index (χ0) is 76.4. The van der Waals surface area contributed by atoms with Crippen molar-refractivity contribution < 1.29 is 21.9 Å². The van der Waals surface area contributed by atoms with E-state index >= 15 is 0 Å². The molecule has 0 N–H and O–H groups in total. The van der Waals surface area contributed by atoms with Crippen LogP contribution < -0.4 is 26.2 Å². The van der Waals surface area contributed by atoms with Crippen molar-refractivity contribution in [1.82, 2.24) is 9.13 Å². The van der Waals surface area contributed by atoms with Crippen molar-refractivity contribution >= 4 is 101 Å². The fraction of sp³-hybridized carbons (Fsp3) is 0.114. The van der Waals surface area contributed by atoms with Crippen molar-refractivity contribution in [2.45, 2.75) is 64.7 Å². The Balaban J connectivity index is 1.05. The summed E-state index contributed by atoms with van der Waals surface area (Å²) >= 11 is 0. The van der Waals surface area contributed by atoms with Crippen LogP contribution in [0.15, 0.2) is 291 Å². The minimum absolute atomic E-state index is 0.0351. The molecule has 2 aromatic heterocycles. The van der Waals surface area contributed by atoms with Crippen molar-refractivity contribution in [1.29, 1.82) is 0 Å². The first-order valence-corrected chi connectivity index (χ1v) is 31.7. The summed E-state index contributed by atoms with van der Waals surface area (Å²) in [4.78, 5) is 4.62. The Morgan fingerprint density at radius 2 is 0.742 bits per heavy atom. The van der Waals surface area contributed by atoms with Gasteiger partial charge in [-0.3, -0.25) is 0 Å². The van der Waals surface area contributed by atoms with Crippen molar-refractivity contribution in [3.05, 3.63) is 330 Å². The van der Waals surface area contributed by atoms with Gasteiger partial charge in [-0.25, -0.2) is 0 Å². The number of hydrogen-bond acceptors (Lipinski definition) is 2. The van der Waals surface area contributed by atoms with E-state index in [-0.39, 0.29) is 60.4 Å². The van der Waals surface area contributed by atoms with Crippen molar-refractivity contribution in [2.24, 2.45) is 0 Å². The van der Waals surface area contributed by atoms with E-state index in [1.54, 1.807) is 9.13 Å². The van der Waals surface area contributed by atoms with Gasteiger partial charge in [0, 0.05) is 72.7 Å². The molecule has 0 bridgehead atoms. The highest BCUT2D eigenvalue weighted by Crippen LogP contribution is 2.53. The number of rotatable bonds is 7. The molecule has 0 radical (unpaired) electrons. The summed E-state index contributed by atoms with van der Waals surface area (Å²) in [5.74, 6) is -0.383. The van der Waals surface area contributed by atoms with Gasteiger partial charge in [0.2, 0.25) is 0 Å². The summed E-state index contributed by atoms with van der Waals surface area (Å²) in [6.07, 6.45) is 0.693. The standard InChI is InChI=1S/C88H69BN4/c1-87(2,3)61-41-47-79(71(52-61)56-25-9-7-10-26-56)92-81-54-63(90-75-37-21-17-33-67(75)68-34-18-22-38-76(68)90)43-45-73(81)89-74-46-44-64(91-77-39-23-19-35-69(77)70-36-20-24-40-78(70)91)55-82(74)93(80-48-42-62(88(4,5)6)53-72(80)57-27-11-8-12-28-57)84-51-60(50-83(92)86(84)89)85-65-31-15-13-29-58(65)49-59-30-14-16-32-66(59)85/h7-48,50-55,85H,49H2,1-6H3/i17D,18D,19D,20D,21D,22D,23D,24D,33D,34D,35D,36D,37D,38D,39D,40D. The van der Waals surface area contributed by atoms with Gasteiger partial charge < -0.3 is 18.9 Å². The predicted molar refractivity (Wildman–Crippen MR) is 394 cm³/mol. The van der Waals surface area contributed by atoms with Crippen LogP contribution in [0.1, 0.15) is 108 Å². The molecule has 0 amide bonds. The van der Waals surface area contributed by atoms with Gasteiger partial charge in [0.15, 0.2) is 0 Å². The monoisotopic (exact) mass is 1210 g/mol. The molecule has 0 saturated heterocycles. The van der Waals surface area contributed by atoms with Crippen LogP contribution in [0, 0.1) is 0 Å². The number of nitrogens with zero attached hydrogens (tertiary/aromatic N) is 4. The number of para-hydroxylation sites is 4. The maximum Gasteiger partial charge on any atom is 0.252 e. The average molecular weight is 1210 g/mol. The van der Waals surface area contributed by atoms with Crippen LogP contribution in [0.4, 0.5) is 34.1 Å². The topological polar surface area (TPSA) is 16.3 Å². The highest BCUT2D eigenvalue weighted by molar-refractivity contribution is 7.00. The van der Waals surface area contributed by atoms with Gasteiger partial charge >= 0.3 is 0 Å². The Morgan fingerprint density at radius 3 is 1.14 bits per heavy atom. The number of aromatic nitrogens is 2. The number of anilines is 6. The zero-order valence-corrected chi connectivity index (χ0v) is 52.1. The second-order valence-electron chi connectivity index (χ2n) is 26.8. The van der Waals surface area contributed by atoms with E-state index in [4.69, 9.17) is 5.48 Å². The SMILES string of the molecule is [2H]c1c([2H])c([2H])c2c(c1[2H])c1c([2H])c([2H])c([2H])c([2H])c1n2-c1ccc2c(c1)N(c1ccc(C(C)(C)C)cc1-c1ccccc1)c1cc(C3c4ccccc4Cc4ccccc43)cc3c1B2c1ccc(-n2c4c([2H])c([2H])c([2H])c([2H])c4c4c([2H])c([2H])c([2H])c([2H])c42)cc1N3c1ccc(C(C)(C)C)cc1-c1ccccc1. The lowest BCUT2D eigenvalue weighted by atomic mass is 9.33. The van der Waals surface area contributed by atoms with E-state index in [1.165, 1.54) is 0 Å². The van der Waals surface area contributed by atoms with E-state index in [9.17, 15) is 16.4 Å². The minimum Gasteiger partial charge on any atom is -0.311 e. The second-order valence-corrected chi connectivity index (χ2v) is 26.8. The Bertz CT molecular complexity index is 6000. The lowest BCUT2D eigenvalue weighted by Gasteiger charge is -2.46. The van der Waals surface area contributed by atoms with Crippen LogP contribution in [0.2, 0.25) is 0 Å². The molecular formula is C88H69BN4. The van der Waals surface area contributed by atoms with Gasteiger partial charge in [-0.2, -0.15) is 0 Å².